The van der Waals surface area contributed by atoms with Gasteiger partial charge in [-0.1, -0.05) is 48.0 Å². The first kappa shape index (κ1) is 18.1. The average Bonchev–Trinajstić information content (AvgIpc) is 2.95. The first-order valence-electron chi connectivity index (χ1n) is 8.34. The molecular formula is C20H19ClN2O3. The van der Waals surface area contributed by atoms with Gasteiger partial charge in [-0.25, -0.2) is 4.90 Å². The molecule has 0 saturated carbocycles. The number of nitrogens with zero attached hydrogens (tertiary/aromatic N) is 2. The smallest absolute Gasteiger partial charge is 0.257 e. The van der Waals surface area contributed by atoms with Crippen molar-refractivity contribution in [3.8, 4) is 0 Å². The van der Waals surface area contributed by atoms with Crippen LogP contribution in [0.15, 0.2) is 54.6 Å². The number of halogens is 1. The van der Waals surface area contributed by atoms with Gasteiger partial charge in [-0.15, -0.1) is 11.6 Å². The highest BCUT2D eigenvalue weighted by Gasteiger charge is 2.44. The number of hydrogen-bond donors (Lipinski definition) is 0. The van der Waals surface area contributed by atoms with Crippen molar-refractivity contribution in [1.82, 2.24) is 4.90 Å². The molecule has 0 bridgehead atoms. The Morgan fingerprint density at radius 1 is 1.12 bits per heavy atom. The molecule has 0 spiro atoms. The van der Waals surface area contributed by atoms with Gasteiger partial charge in [-0.2, -0.15) is 0 Å². The van der Waals surface area contributed by atoms with Crippen LogP contribution < -0.4 is 4.90 Å². The van der Waals surface area contributed by atoms with E-state index in [0.717, 1.165) is 16.0 Å². The Kier molecular flexibility index (Phi) is 5.38. The Hall–Kier alpha value is -2.66. The van der Waals surface area contributed by atoms with E-state index in [-0.39, 0.29) is 30.7 Å². The minimum absolute atomic E-state index is 0.0395. The molecule has 1 saturated heterocycles. The molecule has 0 N–H and O–H groups in total. The molecule has 2 aromatic carbocycles. The first-order valence-corrected chi connectivity index (χ1v) is 8.87. The molecule has 0 radical (unpaired) electrons. The average molecular weight is 371 g/mol. The molecule has 1 heterocycles. The summed E-state index contributed by atoms with van der Waals surface area (Å²) in [5, 5.41) is 0. The lowest BCUT2D eigenvalue weighted by atomic mass is 10.1. The van der Waals surface area contributed by atoms with Crippen molar-refractivity contribution < 1.29 is 14.4 Å². The third kappa shape index (κ3) is 3.63. The second-order valence-corrected chi connectivity index (χ2v) is 6.53. The van der Waals surface area contributed by atoms with E-state index in [4.69, 9.17) is 11.6 Å². The lowest BCUT2D eigenvalue weighted by molar-refractivity contribution is -0.136. The van der Waals surface area contributed by atoms with Crippen molar-refractivity contribution in [3.63, 3.8) is 0 Å². The Balaban J connectivity index is 1.87. The molecule has 134 valence electrons. The number of imide groups is 1. The van der Waals surface area contributed by atoms with E-state index < -0.39 is 11.9 Å². The standard InChI is InChI=1S/C20H19ClN2O3/c1-14-7-9-16(10-8-14)23-18(24)11-17(20(23)26)22(19(25)12-21)13-15-5-3-2-4-6-15/h2-10,17H,11-13H2,1H3/t17-/m0/s1. The van der Waals surface area contributed by atoms with Crippen LogP contribution in [0.4, 0.5) is 5.69 Å². The summed E-state index contributed by atoms with van der Waals surface area (Å²) in [5.41, 5.74) is 2.43. The molecule has 1 aliphatic rings. The van der Waals surface area contributed by atoms with Crippen LogP contribution in [0.3, 0.4) is 0 Å². The zero-order valence-electron chi connectivity index (χ0n) is 14.4. The van der Waals surface area contributed by atoms with Crippen molar-refractivity contribution in [2.24, 2.45) is 0 Å². The van der Waals surface area contributed by atoms with Gasteiger partial charge in [-0.05, 0) is 24.6 Å². The molecule has 1 aliphatic heterocycles. The number of carbonyl (C=O) groups is 3. The lowest BCUT2D eigenvalue weighted by Crippen LogP contribution is -2.45. The molecule has 0 unspecified atom stereocenters. The predicted octanol–water partition coefficient (Wildman–Crippen LogP) is 2.89. The molecule has 26 heavy (non-hydrogen) atoms. The monoisotopic (exact) mass is 370 g/mol. The summed E-state index contributed by atoms with van der Waals surface area (Å²) < 4.78 is 0. The summed E-state index contributed by atoms with van der Waals surface area (Å²) in [7, 11) is 0. The summed E-state index contributed by atoms with van der Waals surface area (Å²) in [4.78, 5) is 40.3. The van der Waals surface area contributed by atoms with Crippen LogP contribution in [-0.4, -0.2) is 34.5 Å². The molecule has 0 aliphatic carbocycles. The summed E-state index contributed by atoms with van der Waals surface area (Å²) in [5.74, 6) is -1.32. The fourth-order valence-electron chi connectivity index (χ4n) is 3.05. The van der Waals surface area contributed by atoms with Gasteiger partial charge in [0.25, 0.3) is 5.91 Å². The minimum Gasteiger partial charge on any atom is -0.325 e. The van der Waals surface area contributed by atoms with Crippen LogP contribution in [0.25, 0.3) is 0 Å². The quantitative estimate of drug-likeness (QED) is 0.600. The van der Waals surface area contributed by atoms with E-state index >= 15 is 0 Å². The third-order valence-electron chi connectivity index (χ3n) is 4.42. The van der Waals surface area contributed by atoms with Crippen LogP contribution >= 0.6 is 11.6 Å². The number of benzene rings is 2. The summed E-state index contributed by atoms with van der Waals surface area (Å²) >= 11 is 5.75. The van der Waals surface area contributed by atoms with Crippen molar-refractivity contribution >= 4 is 35.0 Å². The molecule has 2 aromatic rings. The molecule has 3 amide bonds. The number of alkyl halides is 1. The molecule has 6 heteroatoms. The predicted molar refractivity (Wildman–Crippen MR) is 99.8 cm³/mol. The van der Waals surface area contributed by atoms with E-state index in [2.05, 4.69) is 0 Å². The van der Waals surface area contributed by atoms with Crippen LogP contribution in [0, 0.1) is 6.92 Å². The highest BCUT2D eigenvalue weighted by Crippen LogP contribution is 2.27. The molecule has 5 nitrogen and oxygen atoms in total. The van der Waals surface area contributed by atoms with Crippen LogP contribution in [0.1, 0.15) is 17.5 Å². The van der Waals surface area contributed by atoms with Gasteiger partial charge in [0.05, 0.1) is 12.1 Å². The number of hydrogen-bond acceptors (Lipinski definition) is 3. The second-order valence-electron chi connectivity index (χ2n) is 6.26. The van der Waals surface area contributed by atoms with E-state index in [1.165, 1.54) is 4.90 Å². The van der Waals surface area contributed by atoms with Crippen LogP contribution in [0.2, 0.25) is 0 Å². The third-order valence-corrected chi connectivity index (χ3v) is 4.65. The van der Waals surface area contributed by atoms with Crippen molar-refractivity contribution in [1.29, 1.82) is 0 Å². The molecular weight excluding hydrogens is 352 g/mol. The summed E-state index contributed by atoms with van der Waals surface area (Å²) in [6.07, 6.45) is -0.0395. The highest BCUT2D eigenvalue weighted by molar-refractivity contribution is 6.28. The molecule has 0 aromatic heterocycles. The fraction of sp³-hybridized carbons (Fsp3) is 0.250. The molecule has 1 fully saturated rings. The van der Waals surface area contributed by atoms with Gasteiger partial charge in [-0.3, -0.25) is 14.4 Å². The van der Waals surface area contributed by atoms with Gasteiger partial charge in [0.15, 0.2) is 0 Å². The van der Waals surface area contributed by atoms with Crippen LogP contribution in [0.5, 0.6) is 0 Å². The molecule has 1 atom stereocenters. The first-order chi connectivity index (χ1) is 12.5. The van der Waals surface area contributed by atoms with E-state index in [9.17, 15) is 14.4 Å². The Labute approximate surface area is 157 Å². The summed E-state index contributed by atoms with van der Waals surface area (Å²) in [6, 6.07) is 15.6. The SMILES string of the molecule is Cc1ccc(N2C(=O)C[C@H](N(Cc3ccccc3)C(=O)CCl)C2=O)cc1. The summed E-state index contributed by atoms with van der Waals surface area (Å²) in [6.45, 7) is 2.17. The van der Waals surface area contributed by atoms with Gasteiger partial charge in [0.1, 0.15) is 11.9 Å². The van der Waals surface area contributed by atoms with Gasteiger partial charge >= 0.3 is 0 Å². The van der Waals surface area contributed by atoms with Crippen molar-refractivity contribution in [3.05, 3.63) is 65.7 Å². The van der Waals surface area contributed by atoms with Crippen molar-refractivity contribution in [2.45, 2.75) is 25.9 Å². The lowest BCUT2D eigenvalue weighted by Gasteiger charge is -2.27. The number of anilines is 1. The normalized spacial score (nSPS) is 16.8. The maximum atomic E-state index is 12.9. The zero-order valence-corrected chi connectivity index (χ0v) is 15.1. The van der Waals surface area contributed by atoms with Gasteiger partial charge < -0.3 is 4.90 Å². The number of amides is 3. The van der Waals surface area contributed by atoms with Crippen molar-refractivity contribution in [2.75, 3.05) is 10.8 Å². The Morgan fingerprint density at radius 2 is 1.77 bits per heavy atom. The number of aryl methyl sites for hydroxylation is 1. The van der Waals surface area contributed by atoms with Gasteiger partial charge in [0.2, 0.25) is 11.8 Å². The molecule has 3 rings (SSSR count). The van der Waals surface area contributed by atoms with E-state index in [1.54, 1.807) is 12.1 Å². The Morgan fingerprint density at radius 3 is 2.38 bits per heavy atom. The maximum absolute atomic E-state index is 12.9. The van der Waals surface area contributed by atoms with E-state index in [0.29, 0.717) is 5.69 Å². The largest absolute Gasteiger partial charge is 0.325 e. The van der Waals surface area contributed by atoms with E-state index in [1.807, 2.05) is 49.4 Å². The zero-order chi connectivity index (χ0) is 18.7. The second kappa shape index (κ2) is 7.70. The topological polar surface area (TPSA) is 57.7 Å². The Bertz CT molecular complexity index is 821. The maximum Gasteiger partial charge on any atom is 0.257 e. The number of rotatable bonds is 5. The van der Waals surface area contributed by atoms with Gasteiger partial charge in [0, 0.05) is 6.54 Å². The fourth-order valence-corrected chi connectivity index (χ4v) is 3.21. The number of carbonyl (C=O) groups excluding carboxylic acids is 3. The minimum atomic E-state index is -0.838. The van der Waals surface area contributed by atoms with Crippen LogP contribution in [-0.2, 0) is 20.9 Å². The highest BCUT2D eigenvalue weighted by atomic mass is 35.5.